The Morgan fingerprint density at radius 3 is 2.55 bits per heavy atom. The number of amides is 1. The Balaban J connectivity index is 1.62. The van der Waals surface area contributed by atoms with Gasteiger partial charge in [-0.3, -0.25) is 4.98 Å². The Morgan fingerprint density at radius 1 is 1.18 bits per heavy atom. The number of rotatable bonds is 1. The van der Waals surface area contributed by atoms with Crippen molar-refractivity contribution in [3.8, 4) is 0 Å². The first-order valence-corrected chi connectivity index (χ1v) is 8.00. The summed E-state index contributed by atoms with van der Waals surface area (Å²) in [4.78, 5) is 20.6. The van der Waals surface area contributed by atoms with Gasteiger partial charge in [-0.05, 0) is 45.7 Å². The number of anilines is 1. The van der Waals surface area contributed by atoms with Crippen molar-refractivity contribution < 1.29 is 9.53 Å². The van der Waals surface area contributed by atoms with E-state index in [1.165, 1.54) is 5.69 Å². The number of carbonyl (C=O) groups is 1. The zero-order chi connectivity index (χ0) is 15.8. The molecule has 1 spiro atoms. The molecule has 1 amide bonds. The summed E-state index contributed by atoms with van der Waals surface area (Å²) in [5.41, 5.74) is 1.02. The minimum Gasteiger partial charge on any atom is -0.444 e. The maximum Gasteiger partial charge on any atom is 0.410 e. The first-order valence-electron chi connectivity index (χ1n) is 8.00. The average molecular weight is 303 g/mol. The van der Waals surface area contributed by atoms with Gasteiger partial charge in [0.2, 0.25) is 0 Å². The molecule has 22 heavy (non-hydrogen) atoms. The van der Waals surface area contributed by atoms with E-state index in [0.29, 0.717) is 0 Å². The molecular formula is C17H25N3O2. The maximum atomic E-state index is 12.2. The lowest BCUT2D eigenvalue weighted by molar-refractivity contribution is 0.0276. The van der Waals surface area contributed by atoms with E-state index < -0.39 is 5.60 Å². The second kappa shape index (κ2) is 5.45. The van der Waals surface area contributed by atoms with Crippen molar-refractivity contribution in [1.82, 2.24) is 9.88 Å². The highest BCUT2D eigenvalue weighted by Gasteiger charge is 2.45. The van der Waals surface area contributed by atoms with E-state index in [1.807, 2.05) is 38.1 Å². The highest BCUT2D eigenvalue weighted by Crippen LogP contribution is 2.41. The number of ether oxygens (including phenoxy) is 1. The van der Waals surface area contributed by atoms with Gasteiger partial charge < -0.3 is 14.5 Å². The molecule has 2 aliphatic rings. The predicted octanol–water partition coefficient (Wildman–Crippen LogP) is 2.92. The van der Waals surface area contributed by atoms with Gasteiger partial charge in [-0.25, -0.2) is 4.79 Å². The van der Waals surface area contributed by atoms with Crippen LogP contribution < -0.4 is 4.90 Å². The summed E-state index contributed by atoms with van der Waals surface area (Å²) in [5, 5.41) is 0. The minimum atomic E-state index is -0.425. The molecule has 120 valence electrons. The molecule has 2 saturated heterocycles. The van der Waals surface area contributed by atoms with Crippen LogP contribution >= 0.6 is 0 Å². The van der Waals surface area contributed by atoms with Gasteiger partial charge in [0.1, 0.15) is 5.60 Å². The van der Waals surface area contributed by atoms with Crippen molar-refractivity contribution in [3.05, 3.63) is 24.5 Å². The normalized spacial score (nSPS) is 25.0. The molecule has 0 aromatic carbocycles. The SMILES string of the molecule is CC(C)(C)OC(=O)N1CCC2(CCN(c3ccncc3)C2)C1. The second-order valence-electron chi connectivity index (χ2n) is 7.53. The van der Waals surface area contributed by atoms with Crippen molar-refractivity contribution in [1.29, 1.82) is 0 Å². The highest BCUT2D eigenvalue weighted by molar-refractivity contribution is 5.68. The first-order chi connectivity index (χ1) is 10.4. The fraction of sp³-hybridized carbons (Fsp3) is 0.647. The summed E-state index contributed by atoms with van der Waals surface area (Å²) in [5.74, 6) is 0. The molecule has 5 nitrogen and oxygen atoms in total. The van der Waals surface area contributed by atoms with E-state index in [2.05, 4.69) is 22.0 Å². The molecule has 3 heterocycles. The number of hydrogen-bond acceptors (Lipinski definition) is 4. The van der Waals surface area contributed by atoms with E-state index in [4.69, 9.17) is 4.74 Å². The Morgan fingerprint density at radius 2 is 1.86 bits per heavy atom. The third kappa shape index (κ3) is 3.18. The number of aromatic nitrogens is 1. The Hall–Kier alpha value is -1.78. The quantitative estimate of drug-likeness (QED) is 0.800. The molecule has 1 aromatic rings. The van der Waals surface area contributed by atoms with Gasteiger partial charge in [0.25, 0.3) is 0 Å². The third-order valence-corrected chi connectivity index (χ3v) is 4.56. The molecule has 5 heteroatoms. The molecule has 1 unspecified atom stereocenters. The summed E-state index contributed by atoms with van der Waals surface area (Å²) in [7, 11) is 0. The van der Waals surface area contributed by atoms with Crippen LogP contribution in [0.4, 0.5) is 10.5 Å². The fourth-order valence-electron chi connectivity index (χ4n) is 3.46. The molecule has 0 radical (unpaired) electrons. The lowest BCUT2D eigenvalue weighted by Gasteiger charge is -2.27. The largest absolute Gasteiger partial charge is 0.444 e. The standard InChI is InChI=1S/C17H25N3O2/c1-16(2,3)22-15(21)20-11-7-17(13-20)6-10-19(12-17)14-4-8-18-9-5-14/h4-5,8-9H,6-7,10-13H2,1-3H3. The molecule has 3 rings (SSSR count). The van der Waals surface area contributed by atoms with Gasteiger partial charge in [0.15, 0.2) is 0 Å². The highest BCUT2D eigenvalue weighted by atomic mass is 16.6. The summed E-state index contributed by atoms with van der Waals surface area (Å²) < 4.78 is 5.50. The van der Waals surface area contributed by atoms with Crippen LogP contribution in [0.5, 0.6) is 0 Å². The molecule has 1 aromatic heterocycles. The zero-order valence-electron chi connectivity index (χ0n) is 13.7. The van der Waals surface area contributed by atoms with Crippen LogP contribution in [0.25, 0.3) is 0 Å². The molecular weight excluding hydrogens is 278 g/mol. The molecule has 0 N–H and O–H groups in total. The monoisotopic (exact) mass is 303 g/mol. The molecule has 0 aliphatic carbocycles. The predicted molar refractivity (Wildman–Crippen MR) is 85.9 cm³/mol. The van der Waals surface area contributed by atoms with E-state index in [9.17, 15) is 4.79 Å². The topological polar surface area (TPSA) is 45.7 Å². The van der Waals surface area contributed by atoms with Gasteiger partial charge in [0, 0.05) is 49.7 Å². The maximum absolute atomic E-state index is 12.2. The van der Waals surface area contributed by atoms with Crippen LogP contribution in [0.15, 0.2) is 24.5 Å². The Labute approximate surface area is 132 Å². The fourth-order valence-corrected chi connectivity index (χ4v) is 3.46. The van der Waals surface area contributed by atoms with Crippen LogP contribution in [0.2, 0.25) is 0 Å². The Bertz CT molecular complexity index is 541. The van der Waals surface area contributed by atoms with Gasteiger partial charge in [-0.15, -0.1) is 0 Å². The van der Waals surface area contributed by atoms with E-state index in [0.717, 1.165) is 39.0 Å². The van der Waals surface area contributed by atoms with Crippen LogP contribution in [-0.4, -0.2) is 47.8 Å². The molecule has 2 aliphatic heterocycles. The van der Waals surface area contributed by atoms with Crippen LogP contribution in [0, 0.1) is 5.41 Å². The smallest absolute Gasteiger partial charge is 0.410 e. The lowest BCUT2D eigenvalue weighted by atomic mass is 9.86. The van der Waals surface area contributed by atoms with Crippen molar-refractivity contribution in [2.24, 2.45) is 5.41 Å². The summed E-state index contributed by atoms with van der Waals surface area (Å²) in [6.45, 7) is 9.41. The van der Waals surface area contributed by atoms with E-state index in [1.54, 1.807) is 0 Å². The molecule has 1 atom stereocenters. The summed E-state index contributed by atoms with van der Waals surface area (Å²) >= 11 is 0. The summed E-state index contributed by atoms with van der Waals surface area (Å²) in [6, 6.07) is 4.11. The molecule has 0 bridgehead atoms. The van der Waals surface area contributed by atoms with Crippen LogP contribution in [0.3, 0.4) is 0 Å². The number of pyridine rings is 1. The first kappa shape index (κ1) is 15.1. The number of hydrogen-bond donors (Lipinski definition) is 0. The average Bonchev–Trinajstić information content (AvgIpc) is 3.06. The third-order valence-electron chi connectivity index (χ3n) is 4.56. The van der Waals surface area contributed by atoms with Gasteiger partial charge in [-0.1, -0.05) is 0 Å². The van der Waals surface area contributed by atoms with E-state index >= 15 is 0 Å². The molecule has 0 saturated carbocycles. The van der Waals surface area contributed by atoms with Crippen LogP contribution in [-0.2, 0) is 4.74 Å². The van der Waals surface area contributed by atoms with Gasteiger partial charge >= 0.3 is 6.09 Å². The zero-order valence-corrected chi connectivity index (χ0v) is 13.7. The number of likely N-dealkylation sites (tertiary alicyclic amines) is 1. The van der Waals surface area contributed by atoms with Crippen molar-refractivity contribution >= 4 is 11.8 Å². The summed E-state index contributed by atoms with van der Waals surface area (Å²) in [6.07, 6.45) is 5.69. The Kier molecular flexibility index (Phi) is 3.75. The van der Waals surface area contributed by atoms with Gasteiger partial charge in [-0.2, -0.15) is 0 Å². The minimum absolute atomic E-state index is 0.174. The molecule has 2 fully saturated rings. The van der Waals surface area contributed by atoms with Crippen LogP contribution in [0.1, 0.15) is 33.6 Å². The number of nitrogens with zero attached hydrogens (tertiary/aromatic N) is 3. The van der Waals surface area contributed by atoms with Crippen molar-refractivity contribution in [3.63, 3.8) is 0 Å². The van der Waals surface area contributed by atoms with Crippen molar-refractivity contribution in [2.75, 3.05) is 31.1 Å². The lowest BCUT2D eigenvalue weighted by Crippen LogP contribution is -2.37. The van der Waals surface area contributed by atoms with Gasteiger partial charge in [0.05, 0.1) is 0 Å². The number of carbonyl (C=O) groups excluding carboxylic acids is 1. The second-order valence-corrected chi connectivity index (χ2v) is 7.53. The van der Waals surface area contributed by atoms with Crippen molar-refractivity contribution in [2.45, 2.75) is 39.2 Å². The van der Waals surface area contributed by atoms with E-state index in [-0.39, 0.29) is 11.5 Å².